The summed E-state index contributed by atoms with van der Waals surface area (Å²) in [5.41, 5.74) is 5.09. The van der Waals surface area contributed by atoms with Crippen LogP contribution in [0.2, 0.25) is 0 Å². The molecule has 0 saturated carbocycles. The Balaban J connectivity index is 4.19. The molecule has 0 spiro atoms. The minimum atomic E-state index is -5.38. The van der Waals surface area contributed by atoms with Crippen molar-refractivity contribution in [3.63, 3.8) is 0 Å². The first kappa shape index (κ1) is 17.6. The maximum atomic E-state index is 12.1. The van der Waals surface area contributed by atoms with E-state index in [4.69, 9.17) is 5.73 Å². The number of halogens is 6. The van der Waals surface area contributed by atoms with E-state index in [0.29, 0.717) is 6.42 Å². The van der Waals surface area contributed by atoms with Gasteiger partial charge in [-0.3, -0.25) is 0 Å². The highest BCUT2D eigenvalue weighted by Gasteiger charge is 2.56. The number of hydrogen-bond acceptors (Lipinski definition) is 3. The quantitative estimate of drug-likeness (QED) is 0.580. The molecule has 18 heavy (non-hydrogen) atoms. The molecule has 0 radical (unpaired) electrons. The summed E-state index contributed by atoms with van der Waals surface area (Å²) in [7, 11) is -2.25. The molecule has 3 nitrogen and oxygen atoms in total. The molecule has 0 aromatic rings. The van der Waals surface area contributed by atoms with Crippen LogP contribution in [0.4, 0.5) is 26.3 Å². The number of alkyl halides is 6. The van der Waals surface area contributed by atoms with Gasteiger partial charge in [0.1, 0.15) is 6.61 Å². The molecule has 1 atom stereocenters. The topological polar surface area (TPSA) is 52.3 Å². The van der Waals surface area contributed by atoms with Gasteiger partial charge in [-0.15, -0.1) is 4.52 Å². The van der Waals surface area contributed by atoms with E-state index in [2.05, 4.69) is 4.52 Å². The zero-order chi connectivity index (χ0) is 14.4. The molecule has 0 fully saturated rings. The van der Waals surface area contributed by atoms with Gasteiger partial charge in [-0.1, -0.05) is 0 Å². The third kappa shape index (κ3) is 7.13. The van der Waals surface area contributed by atoms with E-state index in [0.717, 1.165) is 0 Å². The highest BCUT2D eigenvalue weighted by atomic mass is 31.1. The normalized spacial score (nSPS) is 14.1. The van der Waals surface area contributed by atoms with Gasteiger partial charge >= 0.3 is 20.4 Å². The molecule has 0 bridgehead atoms. The zero-order valence-electron chi connectivity index (χ0n) is 9.22. The second-order valence-electron chi connectivity index (χ2n) is 3.46. The van der Waals surface area contributed by atoms with Gasteiger partial charge in [0.15, 0.2) is 12.1 Å². The minimum absolute atomic E-state index is 0.0224. The van der Waals surface area contributed by atoms with Crippen LogP contribution >= 0.6 is 8.03 Å². The summed E-state index contributed by atoms with van der Waals surface area (Å²) in [4.78, 5) is 0. The third-order valence-electron chi connectivity index (χ3n) is 1.98. The predicted molar refractivity (Wildman–Crippen MR) is 52.3 cm³/mol. The van der Waals surface area contributed by atoms with Crippen LogP contribution in [0.1, 0.15) is 12.8 Å². The molecule has 0 aliphatic heterocycles. The average molecular weight is 300 g/mol. The van der Waals surface area contributed by atoms with Gasteiger partial charge in [0, 0.05) is 6.42 Å². The molecule has 1 unspecified atom stereocenters. The molecular formula is C8H13F6NO2P+. The Hall–Kier alpha value is -0.400. The fourth-order valence-corrected chi connectivity index (χ4v) is 1.95. The van der Waals surface area contributed by atoms with Crippen molar-refractivity contribution < 1.29 is 35.4 Å². The van der Waals surface area contributed by atoms with E-state index in [1.54, 1.807) is 0 Å². The fourth-order valence-electron chi connectivity index (χ4n) is 1.07. The van der Waals surface area contributed by atoms with Crippen molar-refractivity contribution in [2.75, 3.05) is 19.3 Å². The van der Waals surface area contributed by atoms with E-state index in [1.165, 1.54) is 0 Å². The summed E-state index contributed by atoms with van der Waals surface area (Å²) in [6, 6.07) is 0. The van der Waals surface area contributed by atoms with Gasteiger partial charge in [-0.25, -0.2) is 0 Å². The second kappa shape index (κ2) is 7.25. The monoisotopic (exact) mass is 300 g/mol. The lowest BCUT2D eigenvalue weighted by atomic mass is 10.1. The standard InChI is InChI=1S/C8H13F6NO2P/c9-7(10,11)6(8(12,13)14)2-4-17-18(16)5-1-3-15/h6H,1-5,15H2/q+1. The molecule has 108 valence electrons. The molecule has 0 heterocycles. The van der Waals surface area contributed by atoms with Crippen LogP contribution < -0.4 is 5.73 Å². The summed E-state index contributed by atoms with van der Waals surface area (Å²) in [6.07, 6.45) is -11.7. The number of rotatable bonds is 7. The number of nitrogens with two attached hydrogens (primary N) is 1. The summed E-state index contributed by atoms with van der Waals surface area (Å²) in [5.74, 6) is -3.46. The Kier molecular flexibility index (Phi) is 7.09. The van der Waals surface area contributed by atoms with E-state index >= 15 is 0 Å². The van der Waals surface area contributed by atoms with Crippen LogP contribution in [0, 0.1) is 5.92 Å². The largest absolute Gasteiger partial charge is 0.508 e. The Morgan fingerprint density at radius 3 is 2.00 bits per heavy atom. The highest BCUT2D eigenvalue weighted by molar-refractivity contribution is 7.39. The first-order valence-electron chi connectivity index (χ1n) is 5.00. The molecule has 0 rings (SSSR count). The molecule has 2 N–H and O–H groups in total. The van der Waals surface area contributed by atoms with Gasteiger partial charge in [0.25, 0.3) is 0 Å². The summed E-state index contributed by atoms with van der Waals surface area (Å²) in [5, 5.41) is 0. The third-order valence-corrected chi connectivity index (χ3v) is 3.13. The molecule has 0 aromatic carbocycles. The SMILES string of the molecule is NCCC[P+](=O)OCCC(C(F)(F)F)C(F)(F)F. The Morgan fingerprint density at radius 1 is 1.11 bits per heavy atom. The van der Waals surface area contributed by atoms with Crippen molar-refractivity contribution in [3.8, 4) is 0 Å². The van der Waals surface area contributed by atoms with Crippen molar-refractivity contribution in [2.24, 2.45) is 11.7 Å². The van der Waals surface area contributed by atoms with Gasteiger partial charge < -0.3 is 5.73 Å². The van der Waals surface area contributed by atoms with Crippen molar-refractivity contribution in [1.29, 1.82) is 0 Å². The van der Waals surface area contributed by atoms with Crippen LogP contribution in [0.5, 0.6) is 0 Å². The zero-order valence-corrected chi connectivity index (χ0v) is 10.1. The van der Waals surface area contributed by atoms with Crippen molar-refractivity contribution in [3.05, 3.63) is 0 Å². The van der Waals surface area contributed by atoms with Gasteiger partial charge in [-0.2, -0.15) is 26.3 Å². The van der Waals surface area contributed by atoms with Crippen LogP contribution in [0.15, 0.2) is 0 Å². The molecule has 0 aliphatic carbocycles. The summed E-state index contributed by atoms with van der Waals surface area (Å²) < 4.78 is 87.9. The second-order valence-corrected chi connectivity index (χ2v) is 4.83. The molecule has 0 aromatic heterocycles. The number of hydrogen-bond donors (Lipinski definition) is 1. The molecule has 0 aliphatic rings. The maximum Gasteiger partial charge on any atom is 0.508 e. The highest BCUT2D eigenvalue weighted by Crippen LogP contribution is 2.41. The molecular weight excluding hydrogens is 287 g/mol. The molecule has 0 saturated heterocycles. The molecule has 10 heteroatoms. The van der Waals surface area contributed by atoms with Crippen molar-refractivity contribution in [1.82, 2.24) is 0 Å². The molecule has 0 amide bonds. The average Bonchev–Trinajstić information content (AvgIpc) is 2.17. The summed E-state index contributed by atoms with van der Waals surface area (Å²) >= 11 is 0. The van der Waals surface area contributed by atoms with Crippen LogP contribution in [0.3, 0.4) is 0 Å². The van der Waals surface area contributed by atoms with Gasteiger partial charge in [0.05, 0.1) is 0 Å². The Labute approximate surface area is 101 Å². The lowest BCUT2D eigenvalue weighted by Gasteiger charge is -2.21. The van der Waals surface area contributed by atoms with E-state index in [1.807, 2.05) is 0 Å². The maximum absolute atomic E-state index is 12.1. The minimum Gasteiger partial charge on any atom is -0.330 e. The first-order chi connectivity index (χ1) is 8.09. The van der Waals surface area contributed by atoms with E-state index in [-0.39, 0.29) is 12.7 Å². The van der Waals surface area contributed by atoms with Crippen molar-refractivity contribution in [2.45, 2.75) is 25.2 Å². The van der Waals surface area contributed by atoms with Crippen LogP contribution in [-0.2, 0) is 9.09 Å². The van der Waals surface area contributed by atoms with Crippen LogP contribution in [-0.4, -0.2) is 31.7 Å². The van der Waals surface area contributed by atoms with Gasteiger partial charge in [0.2, 0.25) is 0 Å². The Bertz CT molecular complexity index is 253. The fraction of sp³-hybridized carbons (Fsp3) is 1.00. The summed E-state index contributed by atoms with van der Waals surface area (Å²) in [6.45, 7) is -0.637. The van der Waals surface area contributed by atoms with Gasteiger partial charge in [-0.05, 0) is 17.5 Å². The Morgan fingerprint density at radius 2 is 1.61 bits per heavy atom. The van der Waals surface area contributed by atoms with E-state index in [9.17, 15) is 30.9 Å². The first-order valence-corrected chi connectivity index (χ1v) is 6.36. The lowest BCUT2D eigenvalue weighted by Crippen LogP contribution is -2.37. The van der Waals surface area contributed by atoms with Crippen LogP contribution in [0.25, 0.3) is 0 Å². The van der Waals surface area contributed by atoms with E-state index < -0.39 is 39.3 Å². The predicted octanol–water partition coefficient (Wildman–Crippen LogP) is 3.23. The smallest absolute Gasteiger partial charge is 0.330 e. The van der Waals surface area contributed by atoms with Crippen molar-refractivity contribution >= 4 is 8.03 Å². The lowest BCUT2D eigenvalue weighted by molar-refractivity contribution is -0.286.